The molecule has 0 heterocycles. The van der Waals surface area contributed by atoms with Crippen molar-refractivity contribution in [2.24, 2.45) is 0 Å². The highest BCUT2D eigenvalue weighted by molar-refractivity contribution is 5.89. The number of hydrogen-bond acceptors (Lipinski definition) is 2. The van der Waals surface area contributed by atoms with E-state index in [1.807, 2.05) is 63.5 Å². The molecular formula is C18H18N2. The summed E-state index contributed by atoms with van der Waals surface area (Å²) in [5, 5.41) is 9.33. The molecule has 0 aromatic heterocycles. The molecule has 100 valence electrons. The molecule has 0 saturated heterocycles. The number of benzene rings is 2. The second-order valence-electron chi connectivity index (χ2n) is 5.02. The third-order valence-corrected chi connectivity index (χ3v) is 3.20. The minimum Gasteiger partial charge on any atom is -0.378 e. The van der Waals surface area contributed by atoms with Crippen LogP contribution in [0.4, 0.5) is 5.69 Å². The topological polar surface area (TPSA) is 27.0 Å². The Morgan fingerprint density at radius 3 is 2.10 bits per heavy atom. The van der Waals surface area contributed by atoms with E-state index in [4.69, 9.17) is 0 Å². The molecule has 0 aliphatic heterocycles. The smallest absolute Gasteiger partial charge is 0.0998 e. The summed E-state index contributed by atoms with van der Waals surface area (Å²) in [6, 6.07) is 18.5. The summed E-state index contributed by atoms with van der Waals surface area (Å²) in [6.45, 7) is 2.04. The summed E-state index contributed by atoms with van der Waals surface area (Å²) in [5.74, 6) is 0. The Labute approximate surface area is 120 Å². The SMILES string of the molecule is Cc1ccc(/C(C#N)=C/c2ccc(N(C)C)cc2)cc1. The Kier molecular flexibility index (Phi) is 4.22. The van der Waals surface area contributed by atoms with E-state index in [0.29, 0.717) is 5.57 Å². The van der Waals surface area contributed by atoms with Crippen LogP contribution in [-0.2, 0) is 0 Å². The normalized spacial score (nSPS) is 11.0. The van der Waals surface area contributed by atoms with Gasteiger partial charge in [-0.1, -0.05) is 42.0 Å². The van der Waals surface area contributed by atoms with E-state index >= 15 is 0 Å². The number of nitrogens with zero attached hydrogens (tertiary/aromatic N) is 2. The minimum atomic E-state index is 0.683. The van der Waals surface area contributed by atoms with Crippen LogP contribution in [0.15, 0.2) is 48.5 Å². The number of nitriles is 1. The van der Waals surface area contributed by atoms with Crippen LogP contribution in [0.3, 0.4) is 0 Å². The van der Waals surface area contributed by atoms with Crippen LogP contribution in [0.1, 0.15) is 16.7 Å². The van der Waals surface area contributed by atoms with Gasteiger partial charge < -0.3 is 4.90 Å². The second kappa shape index (κ2) is 6.08. The molecule has 20 heavy (non-hydrogen) atoms. The van der Waals surface area contributed by atoms with Crippen LogP contribution < -0.4 is 4.90 Å². The van der Waals surface area contributed by atoms with Gasteiger partial charge in [0.15, 0.2) is 0 Å². The fourth-order valence-corrected chi connectivity index (χ4v) is 1.95. The molecule has 0 radical (unpaired) electrons. The maximum atomic E-state index is 9.33. The molecule has 0 N–H and O–H groups in total. The first kappa shape index (κ1) is 13.9. The number of anilines is 1. The van der Waals surface area contributed by atoms with E-state index in [-0.39, 0.29) is 0 Å². The molecule has 0 saturated carbocycles. The lowest BCUT2D eigenvalue weighted by Gasteiger charge is -2.11. The summed E-state index contributed by atoms with van der Waals surface area (Å²) in [4.78, 5) is 2.05. The zero-order chi connectivity index (χ0) is 14.5. The average molecular weight is 262 g/mol. The van der Waals surface area contributed by atoms with Crippen LogP contribution in [-0.4, -0.2) is 14.1 Å². The Bertz CT molecular complexity index is 641. The van der Waals surface area contributed by atoms with Crippen molar-refractivity contribution in [2.45, 2.75) is 6.92 Å². The maximum Gasteiger partial charge on any atom is 0.0998 e. The largest absolute Gasteiger partial charge is 0.378 e. The van der Waals surface area contributed by atoms with Crippen LogP contribution in [0.5, 0.6) is 0 Å². The molecule has 2 heteroatoms. The van der Waals surface area contributed by atoms with Gasteiger partial charge in [-0.2, -0.15) is 5.26 Å². The molecular weight excluding hydrogens is 244 g/mol. The summed E-state index contributed by atoms with van der Waals surface area (Å²) in [5.41, 5.74) is 5.02. The average Bonchev–Trinajstić information content (AvgIpc) is 2.46. The van der Waals surface area contributed by atoms with E-state index in [9.17, 15) is 5.26 Å². The van der Waals surface area contributed by atoms with E-state index in [1.54, 1.807) is 0 Å². The van der Waals surface area contributed by atoms with Crippen LogP contribution in [0.25, 0.3) is 11.6 Å². The number of allylic oxidation sites excluding steroid dienone is 1. The lowest BCUT2D eigenvalue weighted by atomic mass is 10.0. The van der Waals surface area contributed by atoms with Crippen molar-refractivity contribution in [3.05, 3.63) is 65.2 Å². The van der Waals surface area contributed by atoms with Gasteiger partial charge in [0, 0.05) is 19.8 Å². The van der Waals surface area contributed by atoms with E-state index in [2.05, 4.69) is 23.1 Å². The minimum absolute atomic E-state index is 0.683. The van der Waals surface area contributed by atoms with Crippen LogP contribution >= 0.6 is 0 Å². The van der Waals surface area contributed by atoms with Gasteiger partial charge in [0.1, 0.15) is 0 Å². The molecule has 0 amide bonds. The quantitative estimate of drug-likeness (QED) is 0.614. The zero-order valence-electron chi connectivity index (χ0n) is 12.1. The molecule has 2 aromatic rings. The molecule has 2 rings (SSSR count). The zero-order valence-corrected chi connectivity index (χ0v) is 12.1. The molecule has 0 aliphatic carbocycles. The third kappa shape index (κ3) is 3.27. The number of rotatable bonds is 3. The fraction of sp³-hybridized carbons (Fsp3) is 0.167. The van der Waals surface area contributed by atoms with Crippen molar-refractivity contribution in [2.75, 3.05) is 19.0 Å². The Balaban J connectivity index is 2.31. The molecule has 0 atom stereocenters. The van der Waals surface area contributed by atoms with Crippen molar-refractivity contribution in [1.82, 2.24) is 0 Å². The summed E-state index contributed by atoms with van der Waals surface area (Å²) in [7, 11) is 4.02. The molecule has 0 spiro atoms. The molecule has 2 nitrogen and oxygen atoms in total. The first-order valence-electron chi connectivity index (χ1n) is 6.56. The second-order valence-corrected chi connectivity index (χ2v) is 5.02. The Morgan fingerprint density at radius 1 is 1.00 bits per heavy atom. The standard InChI is InChI=1S/C18H18N2/c1-14-4-8-16(9-5-14)17(13-19)12-15-6-10-18(11-7-15)20(2)3/h4-12H,1-3H3/b17-12+. The van der Waals surface area contributed by atoms with Crippen molar-refractivity contribution in [3.63, 3.8) is 0 Å². The number of hydrogen-bond donors (Lipinski definition) is 0. The van der Waals surface area contributed by atoms with Gasteiger partial charge in [-0.15, -0.1) is 0 Å². The lowest BCUT2D eigenvalue weighted by molar-refractivity contribution is 1.13. The highest BCUT2D eigenvalue weighted by Gasteiger charge is 2.01. The molecule has 0 aliphatic rings. The highest BCUT2D eigenvalue weighted by atomic mass is 15.1. The van der Waals surface area contributed by atoms with Crippen molar-refractivity contribution in [1.29, 1.82) is 5.26 Å². The first-order chi connectivity index (χ1) is 9.60. The summed E-state index contributed by atoms with van der Waals surface area (Å²) >= 11 is 0. The van der Waals surface area contributed by atoms with Gasteiger partial charge in [0.25, 0.3) is 0 Å². The Morgan fingerprint density at radius 2 is 1.60 bits per heavy atom. The van der Waals surface area contributed by atoms with Gasteiger partial charge in [0.05, 0.1) is 11.6 Å². The monoisotopic (exact) mass is 262 g/mol. The molecule has 0 fully saturated rings. The van der Waals surface area contributed by atoms with Crippen LogP contribution in [0.2, 0.25) is 0 Å². The third-order valence-electron chi connectivity index (χ3n) is 3.20. The van der Waals surface area contributed by atoms with Gasteiger partial charge in [0.2, 0.25) is 0 Å². The van der Waals surface area contributed by atoms with E-state index in [1.165, 1.54) is 5.56 Å². The van der Waals surface area contributed by atoms with Crippen molar-refractivity contribution >= 4 is 17.3 Å². The summed E-state index contributed by atoms with van der Waals surface area (Å²) in [6.07, 6.45) is 1.92. The molecule has 2 aromatic carbocycles. The predicted molar refractivity (Wildman–Crippen MR) is 85.4 cm³/mol. The lowest BCUT2D eigenvalue weighted by Crippen LogP contribution is -2.07. The molecule has 0 bridgehead atoms. The fourth-order valence-electron chi connectivity index (χ4n) is 1.95. The maximum absolute atomic E-state index is 9.33. The van der Waals surface area contributed by atoms with Crippen LogP contribution in [0, 0.1) is 18.3 Å². The predicted octanol–water partition coefficient (Wildman–Crippen LogP) is 4.13. The van der Waals surface area contributed by atoms with Gasteiger partial charge in [-0.25, -0.2) is 0 Å². The number of aryl methyl sites for hydroxylation is 1. The van der Waals surface area contributed by atoms with E-state index in [0.717, 1.165) is 16.8 Å². The van der Waals surface area contributed by atoms with Gasteiger partial charge in [-0.05, 0) is 36.3 Å². The molecule has 0 unspecified atom stereocenters. The van der Waals surface area contributed by atoms with Crippen molar-refractivity contribution in [3.8, 4) is 6.07 Å². The first-order valence-corrected chi connectivity index (χ1v) is 6.56. The highest BCUT2D eigenvalue weighted by Crippen LogP contribution is 2.20. The van der Waals surface area contributed by atoms with Crippen molar-refractivity contribution < 1.29 is 0 Å². The summed E-state index contributed by atoms with van der Waals surface area (Å²) < 4.78 is 0. The Hall–Kier alpha value is -2.53. The van der Waals surface area contributed by atoms with Gasteiger partial charge >= 0.3 is 0 Å². The van der Waals surface area contributed by atoms with E-state index < -0.39 is 0 Å². The van der Waals surface area contributed by atoms with Gasteiger partial charge in [-0.3, -0.25) is 0 Å².